The van der Waals surface area contributed by atoms with Crippen LogP contribution in [0.5, 0.6) is 0 Å². The quantitative estimate of drug-likeness (QED) is 0.124. The summed E-state index contributed by atoms with van der Waals surface area (Å²) in [5.74, 6) is -0.625. The molecule has 0 fully saturated rings. The summed E-state index contributed by atoms with van der Waals surface area (Å²) in [6, 6.07) is 0. The number of quaternary nitrogens is 1. The van der Waals surface area contributed by atoms with Crippen molar-refractivity contribution in [2.45, 2.75) is 111 Å². The number of rotatable bonds is 17. The topological polar surface area (TPSA) is 100 Å². The molecule has 0 bridgehead atoms. The normalized spacial score (nSPS) is 11.1. The van der Waals surface area contributed by atoms with Crippen molar-refractivity contribution in [1.29, 1.82) is 0 Å². The lowest BCUT2D eigenvalue weighted by Gasteiger charge is -2.22. The summed E-state index contributed by atoms with van der Waals surface area (Å²) in [4.78, 5) is 9.82. The first-order valence-corrected chi connectivity index (χ1v) is 14.0. The van der Waals surface area contributed by atoms with Gasteiger partial charge in [-0.05, 0) is 19.8 Å². The summed E-state index contributed by atoms with van der Waals surface area (Å²) in [6.45, 7) is 10.6. The van der Waals surface area contributed by atoms with Crippen LogP contribution in [0.2, 0.25) is 0 Å². The van der Waals surface area contributed by atoms with E-state index in [1.165, 1.54) is 77.2 Å². The van der Waals surface area contributed by atoms with Crippen LogP contribution >= 0.6 is 0 Å². The van der Waals surface area contributed by atoms with Crippen LogP contribution in [0, 0.1) is 0 Å². The molecular weight excluding hydrogens is 424 g/mol. The summed E-state index contributed by atoms with van der Waals surface area (Å²) < 4.78 is 32.2. The fourth-order valence-electron chi connectivity index (χ4n) is 2.97. The second-order valence-electron chi connectivity index (χ2n) is 9.66. The maximum atomic E-state index is 10.4. The van der Waals surface area contributed by atoms with Crippen LogP contribution < -0.4 is 5.73 Å². The lowest BCUT2D eigenvalue weighted by atomic mass is 10.1. The Morgan fingerprint density at radius 2 is 1.09 bits per heavy atom. The molecule has 0 unspecified atom stereocenters. The van der Waals surface area contributed by atoms with Gasteiger partial charge in [-0.2, -0.15) is 0 Å². The van der Waals surface area contributed by atoms with Gasteiger partial charge in [0.2, 0.25) is 5.91 Å². The number of hydrogen-bond donors (Lipinski definition) is 1. The number of carbonyl (C=O) groups is 1. The average Bonchev–Trinajstić information content (AvgIpc) is 2.64. The molecule has 0 aromatic rings. The maximum Gasteiger partial charge on any atom is 0.243 e. The van der Waals surface area contributed by atoms with Crippen molar-refractivity contribution in [2.75, 3.05) is 33.4 Å². The van der Waals surface area contributed by atoms with Gasteiger partial charge in [0.15, 0.2) is 0 Å². The van der Waals surface area contributed by atoms with Crippen LogP contribution in [-0.2, 0) is 14.9 Å². The minimum absolute atomic E-state index is 0.190. The van der Waals surface area contributed by atoms with Crippen molar-refractivity contribution in [3.8, 4) is 0 Å². The first kappa shape index (κ1) is 35.7. The van der Waals surface area contributed by atoms with E-state index in [0.717, 1.165) is 17.3 Å². The number of primary amides is 1. The first-order valence-electron chi connectivity index (χ1n) is 12.5. The van der Waals surface area contributed by atoms with E-state index in [0.29, 0.717) is 12.0 Å². The standard InChI is InChI=1S/C15H32O3S.C6H16N.C4H7NO/c1-2-3-4-5-6-7-8-9-10-11-12-13-14-15-19(16,17)18;1-5-6-7(2,3)4;1-3(2)4(5)6/h2-15H2,1H3,(H,16,17,18);5-6H2,1-4H3;1H2,2H3,(H2,5,6)/q;+1;/p-1. The van der Waals surface area contributed by atoms with E-state index in [1.807, 2.05) is 0 Å². The third kappa shape index (κ3) is 43.0. The van der Waals surface area contributed by atoms with Gasteiger partial charge in [-0.1, -0.05) is 97.5 Å². The number of hydrogen-bond acceptors (Lipinski definition) is 4. The molecule has 0 aromatic carbocycles. The van der Waals surface area contributed by atoms with Crippen LogP contribution in [0.4, 0.5) is 0 Å². The third-order valence-corrected chi connectivity index (χ3v) is 5.60. The van der Waals surface area contributed by atoms with Gasteiger partial charge in [0.25, 0.3) is 0 Å². The molecule has 0 spiro atoms. The SMILES string of the molecule is C=C(C)C(N)=O.CCCCCCCCCCCCCCCS(=O)(=O)[O-].CCC[N+](C)(C)C. The predicted molar refractivity (Wildman–Crippen MR) is 137 cm³/mol. The number of carbonyl (C=O) groups excluding carboxylic acids is 1. The number of nitrogens with two attached hydrogens (primary N) is 1. The number of nitrogens with zero attached hydrogens (tertiary/aromatic N) is 1. The van der Waals surface area contributed by atoms with Gasteiger partial charge in [-0.15, -0.1) is 0 Å². The second kappa shape index (κ2) is 23.2. The molecular formula is C25H54N2O4S. The highest BCUT2D eigenvalue weighted by atomic mass is 32.2. The molecule has 0 aliphatic rings. The first-order chi connectivity index (χ1) is 14.8. The van der Waals surface area contributed by atoms with Crippen molar-refractivity contribution in [2.24, 2.45) is 5.73 Å². The molecule has 0 aliphatic heterocycles. The fourth-order valence-corrected chi connectivity index (χ4v) is 3.53. The van der Waals surface area contributed by atoms with E-state index in [2.05, 4.69) is 41.6 Å². The van der Waals surface area contributed by atoms with Crippen molar-refractivity contribution >= 4 is 16.0 Å². The molecule has 0 aromatic heterocycles. The van der Waals surface area contributed by atoms with Crippen LogP contribution in [-0.4, -0.2) is 56.8 Å². The van der Waals surface area contributed by atoms with Gasteiger partial charge in [0, 0.05) is 11.3 Å². The number of unbranched alkanes of at least 4 members (excludes halogenated alkanes) is 12. The van der Waals surface area contributed by atoms with Crippen molar-refractivity contribution in [3.05, 3.63) is 12.2 Å². The molecule has 0 rings (SSSR count). The Labute approximate surface area is 200 Å². The summed E-state index contributed by atoms with van der Waals surface area (Å²) in [5.41, 5.74) is 5.09. The minimum Gasteiger partial charge on any atom is -0.748 e. The molecule has 194 valence electrons. The van der Waals surface area contributed by atoms with Gasteiger partial charge in [0.05, 0.1) is 37.8 Å². The highest BCUT2D eigenvalue weighted by molar-refractivity contribution is 7.85. The lowest BCUT2D eigenvalue weighted by Crippen LogP contribution is -2.34. The highest BCUT2D eigenvalue weighted by Gasteiger charge is 2.01. The summed E-state index contributed by atoms with van der Waals surface area (Å²) in [7, 11) is 2.65. The predicted octanol–water partition coefficient (Wildman–Crippen LogP) is 5.77. The van der Waals surface area contributed by atoms with Gasteiger partial charge in [-0.3, -0.25) is 4.79 Å². The molecule has 2 N–H and O–H groups in total. The molecule has 0 saturated heterocycles. The monoisotopic (exact) mass is 478 g/mol. The largest absolute Gasteiger partial charge is 0.748 e. The highest BCUT2D eigenvalue weighted by Crippen LogP contribution is 2.12. The fraction of sp³-hybridized carbons (Fsp3) is 0.880. The maximum absolute atomic E-state index is 10.4. The molecule has 32 heavy (non-hydrogen) atoms. The van der Waals surface area contributed by atoms with Gasteiger partial charge >= 0.3 is 0 Å². The van der Waals surface area contributed by atoms with E-state index in [1.54, 1.807) is 6.92 Å². The van der Waals surface area contributed by atoms with Crippen LogP contribution in [0.3, 0.4) is 0 Å². The van der Waals surface area contributed by atoms with Crippen LogP contribution in [0.1, 0.15) is 111 Å². The Morgan fingerprint density at radius 1 is 0.781 bits per heavy atom. The van der Waals surface area contributed by atoms with Gasteiger partial charge in [-0.25, -0.2) is 8.42 Å². The van der Waals surface area contributed by atoms with E-state index >= 15 is 0 Å². The zero-order valence-electron chi connectivity index (χ0n) is 22.1. The van der Waals surface area contributed by atoms with Crippen molar-refractivity contribution in [1.82, 2.24) is 0 Å². The van der Waals surface area contributed by atoms with Crippen LogP contribution in [0.25, 0.3) is 0 Å². The summed E-state index contributed by atoms with van der Waals surface area (Å²) in [6.07, 6.45) is 17.0. The number of amides is 1. The van der Waals surface area contributed by atoms with E-state index < -0.39 is 16.0 Å². The molecule has 0 atom stereocenters. The lowest BCUT2D eigenvalue weighted by molar-refractivity contribution is -0.870. The molecule has 0 aliphatic carbocycles. The van der Waals surface area contributed by atoms with E-state index in [4.69, 9.17) is 5.73 Å². The second-order valence-corrected chi connectivity index (χ2v) is 11.2. The van der Waals surface area contributed by atoms with Crippen LogP contribution in [0.15, 0.2) is 12.2 Å². The van der Waals surface area contributed by atoms with E-state index in [9.17, 15) is 17.8 Å². The Hall–Kier alpha value is -0.920. The summed E-state index contributed by atoms with van der Waals surface area (Å²) in [5, 5.41) is 0. The summed E-state index contributed by atoms with van der Waals surface area (Å²) >= 11 is 0. The third-order valence-electron chi connectivity index (χ3n) is 4.81. The Kier molecular flexibility index (Phi) is 25.9. The molecule has 0 radical (unpaired) electrons. The van der Waals surface area contributed by atoms with Gasteiger partial charge in [0.1, 0.15) is 0 Å². The molecule has 6 nitrogen and oxygen atoms in total. The molecule has 7 heteroatoms. The molecule has 0 saturated carbocycles. The van der Waals surface area contributed by atoms with Crippen molar-refractivity contribution in [3.63, 3.8) is 0 Å². The minimum atomic E-state index is -3.99. The van der Waals surface area contributed by atoms with Crippen molar-refractivity contribution < 1.29 is 22.2 Å². The Morgan fingerprint density at radius 3 is 1.28 bits per heavy atom. The van der Waals surface area contributed by atoms with E-state index in [-0.39, 0.29) is 5.75 Å². The Bertz CT molecular complexity index is 529. The molecule has 1 amide bonds. The zero-order valence-corrected chi connectivity index (χ0v) is 22.9. The van der Waals surface area contributed by atoms with Gasteiger partial charge < -0.3 is 14.8 Å². The Balaban J connectivity index is -0.000000527. The average molecular weight is 479 g/mol. The smallest absolute Gasteiger partial charge is 0.243 e. The molecule has 0 heterocycles. The zero-order chi connectivity index (χ0) is 25.5.